The van der Waals surface area contributed by atoms with Crippen LogP contribution in [0.3, 0.4) is 0 Å². The zero-order valence-electron chi connectivity index (χ0n) is 17.7. The van der Waals surface area contributed by atoms with Crippen LogP contribution in [0, 0.1) is 6.92 Å². The smallest absolute Gasteiger partial charge is 0.241 e. The lowest BCUT2D eigenvalue weighted by Crippen LogP contribution is -2.54. The Morgan fingerprint density at radius 1 is 1.13 bits per heavy atom. The molecule has 0 aromatic heterocycles. The fourth-order valence-corrected chi connectivity index (χ4v) is 3.86. The van der Waals surface area contributed by atoms with Crippen LogP contribution in [-0.4, -0.2) is 60.9 Å². The van der Waals surface area contributed by atoms with Gasteiger partial charge in [-0.2, -0.15) is 0 Å². The number of benzene rings is 2. The van der Waals surface area contributed by atoms with E-state index >= 15 is 0 Å². The summed E-state index contributed by atoms with van der Waals surface area (Å²) < 4.78 is 5.14. The summed E-state index contributed by atoms with van der Waals surface area (Å²) in [5.74, 6) is 0.596. The van der Waals surface area contributed by atoms with Crippen molar-refractivity contribution in [1.29, 1.82) is 0 Å². The predicted octanol–water partition coefficient (Wildman–Crippen LogP) is 3.37. The van der Waals surface area contributed by atoms with E-state index in [4.69, 9.17) is 16.3 Å². The molecule has 160 valence electrons. The number of anilines is 1. The average molecular weight is 430 g/mol. The number of nitrogens with one attached hydrogen (secondary N) is 1. The fraction of sp³-hybridized carbons (Fsp3) is 0.391. The molecule has 6 nitrogen and oxygen atoms in total. The number of hydrogen-bond donors (Lipinski definition) is 1. The fourth-order valence-electron chi connectivity index (χ4n) is 3.60. The summed E-state index contributed by atoms with van der Waals surface area (Å²) in [5, 5.41) is 3.35. The van der Waals surface area contributed by atoms with Gasteiger partial charge in [0.2, 0.25) is 11.8 Å². The third-order valence-corrected chi connectivity index (χ3v) is 5.91. The van der Waals surface area contributed by atoms with E-state index in [1.54, 1.807) is 25.3 Å². The number of piperazine rings is 1. The van der Waals surface area contributed by atoms with Crippen molar-refractivity contribution in [3.05, 3.63) is 58.6 Å². The molecule has 1 unspecified atom stereocenters. The minimum absolute atomic E-state index is 0.101. The summed E-state index contributed by atoms with van der Waals surface area (Å²) in [5.41, 5.74) is 2.83. The second kappa shape index (κ2) is 9.96. The van der Waals surface area contributed by atoms with Gasteiger partial charge < -0.3 is 15.0 Å². The molecule has 0 bridgehead atoms. The molecule has 0 aliphatic carbocycles. The zero-order chi connectivity index (χ0) is 21.7. The minimum atomic E-state index is -0.306. The van der Waals surface area contributed by atoms with Crippen molar-refractivity contribution in [2.24, 2.45) is 0 Å². The van der Waals surface area contributed by atoms with Crippen molar-refractivity contribution < 1.29 is 14.3 Å². The second-order valence-corrected chi connectivity index (χ2v) is 7.94. The second-order valence-electron chi connectivity index (χ2n) is 7.53. The van der Waals surface area contributed by atoms with Gasteiger partial charge in [0.05, 0.1) is 24.6 Å². The Labute approximate surface area is 182 Å². The Kier molecular flexibility index (Phi) is 7.34. The molecular formula is C23H28ClN3O3. The average Bonchev–Trinajstić information content (AvgIpc) is 2.75. The van der Waals surface area contributed by atoms with Crippen LogP contribution in [0.4, 0.5) is 5.69 Å². The normalized spacial score (nSPS) is 15.5. The van der Waals surface area contributed by atoms with Crippen LogP contribution < -0.4 is 10.1 Å². The Bertz CT molecular complexity index is 910. The molecule has 2 aromatic rings. The van der Waals surface area contributed by atoms with Crippen molar-refractivity contribution >= 4 is 29.1 Å². The molecule has 0 saturated carbocycles. The molecule has 1 saturated heterocycles. The maximum absolute atomic E-state index is 12.7. The van der Waals surface area contributed by atoms with Crippen LogP contribution in [0.5, 0.6) is 5.75 Å². The Morgan fingerprint density at radius 3 is 2.47 bits per heavy atom. The lowest BCUT2D eigenvalue weighted by atomic mass is 10.0. The first kappa shape index (κ1) is 22.1. The van der Waals surface area contributed by atoms with Crippen LogP contribution in [0.2, 0.25) is 5.02 Å². The maximum atomic E-state index is 12.7. The SMILES string of the molecule is COc1ccc(NC(=O)C(C)N2CCN(C(=O)Cc3ccccc3C)CC2)cc1Cl. The molecule has 1 N–H and O–H groups in total. The lowest BCUT2D eigenvalue weighted by molar-refractivity contribution is -0.133. The van der Waals surface area contributed by atoms with Crippen molar-refractivity contribution in [3.63, 3.8) is 0 Å². The Morgan fingerprint density at radius 2 is 1.83 bits per heavy atom. The third-order valence-electron chi connectivity index (χ3n) is 5.62. The van der Waals surface area contributed by atoms with Gasteiger partial charge in [0, 0.05) is 31.9 Å². The van der Waals surface area contributed by atoms with E-state index in [0.29, 0.717) is 49.1 Å². The number of hydrogen-bond acceptors (Lipinski definition) is 4. The van der Waals surface area contributed by atoms with Crippen molar-refractivity contribution in [2.45, 2.75) is 26.3 Å². The van der Waals surface area contributed by atoms with Crippen molar-refractivity contribution in [3.8, 4) is 5.75 Å². The minimum Gasteiger partial charge on any atom is -0.495 e. The number of nitrogens with zero attached hydrogens (tertiary/aromatic N) is 2. The molecule has 30 heavy (non-hydrogen) atoms. The number of rotatable bonds is 6. The molecular weight excluding hydrogens is 402 g/mol. The Hall–Kier alpha value is -2.57. The number of carbonyl (C=O) groups excluding carboxylic acids is 2. The summed E-state index contributed by atoms with van der Waals surface area (Å²) in [6, 6.07) is 12.8. The molecule has 1 atom stereocenters. The molecule has 0 spiro atoms. The topological polar surface area (TPSA) is 61.9 Å². The van der Waals surface area contributed by atoms with Gasteiger partial charge >= 0.3 is 0 Å². The molecule has 1 heterocycles. The zero-order valence-corrected chi connectivity index (χ0v) is 18.4. The van der Waals surface area contributed by atoms with Gasteiger partial charge in [-0.15, -0.1) is 0 Å². The summed E-state index contributed by atoms with van der Waals surface area (Å²) in [7, 11) is 1.55. The summed E-state index contributed by atoms with van der Waals surface area (Å²) in [4.78, 5) is 29.3. The highest BCUT2D eigenvalue weighted by molar-refractivity contribution is 6.32. The van der Waals surface area contributed by atoms with Crippen LogP contribution in [-0.2, 0) is 16.0 Å². The number of methoxy groups -OCH3 is 1. The first-order valence-electron chi connectivity index (χ1n) is 10.1. The van der Waals surface area contributed by atoms with Gasteiger partial charge in [-0.05, 0) is 43.2 Å². The molecule has 2 aromatic carbocycles. The third kappa shape index (κ3) is 5.32. The molecule has 1 aliphatic rings. The highest BCUT2D eigenvalue weighted by Gasteiger charge is 2.27. The highest BCUT2D eigenvalue weighted by atomic mass is 35.5. The van der Waals surface area contributed by atoms with Gasteiger partial charge in [0.15, 0.2) is 0 Å². The van der Waals surface area contributed by atoms with E-state index in [1.807, 2.05) is 43.0 Å². The number of aryl methyl sites for hydroxylation is 1. The molecule has 0 radical (unpaired) electrons. The number of ether oxygens (including phenoxy) is 1. The molecule has 1 aliphatic heterocycles. The van der Waals surface area contributed by atoms with Crippen LogP contribution >= 0.6 is 11.6 Å². The predicted molar refractivity (Wildman–Crippen MR) is 119 cm³/mol. The standard InChI is InChI=1S/C23H28ClN3O3/c1-16-6-4-5-7-18(16)14-22(28)27-12-10-26(11-13-27)17(2)23(29)25-19-8-9-21(30-3)20(24)15-19/h4-9,15,17H,10-14H2,1-3H3,(H,25,29). The van der Waals surface area contributed by atoms with Gasteiger partial charge in [0.25, 0.3) is 0 Å². The molecule has 7 heteroatoms. The van der Waals surface area contributed by atoms with E-state index in [0.717, 1.165) is 11.1 Å². The first-order chi connectivity index (χ1) is 14.4. The quantitative estimate of drug-likeness (QED) is 0.764. The van der Waals surface area contributed by atoms with E-state index in [2.05, 4.69) is 10.2 Å². The van der Waals surface area contributed by atoms with E-state index in [9.17, 15) is 9.59 Å². The van der Waals surface area contributed by atoms with Crippen LogP contribution in [0.1, 0.15) is 18.1 Å². The largest absolute Gasteiger partial charge is 0.495 e. The van der Waals surface area contributed by atoms with Gasteiger partial charge in [0.1, 0.15) is 5.75 Å². The summed E-state index contributed by atoms with van der Waals surface area (Å²) >= 11 is 6.13. The maximum Gasteiger partial charge on any atom is 0.241 e. The molecule has 2 amide bonds. The van der Waals surface area contributed by atoms with Crippen molar-refractivity contribution in [2.75, 3.05) is 38.6 Å². The van der Waals surface area contributed by atoms with Crippen LogP contribution in [0.25, 0.3) is 0 Å². The molecule has 1 fully saturated rings. The molecule has 3 rings (SSSR count). The lowest BCUT2D eigenvalue weighted by Gasteiger charge is -2.37. The monoisotopic (exact) mass is 429 g/mol. The highest BCUT2D eigenvalue weighted by Crippen LogP contribution is 2.27. The van der Waals surface area contributed by atoms with Gasteiger partial charge in [-0.1, -0.05) is 35.9 Å². The number of halogens is 1. The van der Waals surface area contributed by atoms with Crippen LogP contribution in [0.15, 0.2) is 42.5 Å². The van der Waals surface area contributed by atoms with E-state index in [1.165, 1.54) is 0 Å². The number of amides is 2. The van der Waals surface area contributed by atoms with Gasteiger partial charge in [-0.3, -0.25) is 14.5 Å². The van der Waals surface area contributed by atoms with Crippen molar-refractivity contribution in [1.82, 2.24) is 9.80 Å². The number of carbonyl (C=O) groups is 2. The summed E-state index contributed by atoms with van der Waals surface area (Å²) in [6.45, 7) is 6.48. The summed E-state index contributed by atoms with van der Waals surface area (Å²) in [6.07, 6.45) is 0.418. The van der Waals surface area contributed by atoms with E-state index < -0.39 is 0 Å². The van der Waals surface area contributed by atoms with Gasteiger partial charge in [-0.25, -0.2) is 0 Å². The Balaban J connectivity index is 1.51. The van der Waals surface area contributed by atoms with E-state index in [-0.39, 0.29) is 17.9 Å². The first-order valence-corrected chi connectivity index (χ1v) is 10.5.